The van der Waals surface area contributed by atoms with Gasteiger partial charge in [-0.25, -0.2) is 4.98 Å². The van der Waals surface area contributed by atoms with E-state index in [1.165, 1.54) is 5.56 Å². The van der Waals surface area contributed by atoms with Gasteiger partial charge in [0.2, 0.25) is 23.7 Å². The second-order valence-corrected chi connectivity index (χ2v) is 21.4. The molecule has 1 saturated carbocycles. The van der Waals surface area contributed by atoms with Crippen LogP contribution in [0.1, 0.15) is 62.5 Å². The van der Waals surface area contributed by atoms with Crippen LogP contribution in [0.25, 0.3) is 11.0 Å². The SMILES string of the molecule is CCc1cc(Nc2ncc(Br)c(Nc3ccc4nccnc4c3P(C)(C)=O)n2)c(OC)cc1N1CCC(NCCNC(=O)[C@H]2C[C@H](N(C)c3ccc(C4CCC(=O)NC4=O)cc3)C2)CC1. The first kappa shape index (κ1) is 45.9. The van der Waals surface area contributed by atoms with Crippen LogP contribution in [0.2, 0.25) is 0 Å². The number of carbonyl (C=O) groups is 3. The summed E-state index contributed by atoms with van der Waals surface area (Å²) in [7, 11) is 0.933. The molecular formula is C47H57BrN11O5P. The number of amides is 3. The Morgan fingerprint density at radius 2 is 1.72 bits per heavy atom. The number of nitrogens with one attached hydrogen (secondary N) is 5. The molecule has 3 fully saturated rings. The van der Waals surface area contributed by atoms with Crippen molar-refractivity contribution in [1.82, 2.24) is 35.9 Å². The summed E-state index contributed by atoms with van der Waals surface area (Å²) in [6.07, 6.45) is 10.2. The quantitative estimate of drug-likeness (QED) is 0.0403. The average Bonchev–Trinajstić information content (AvgIpc) is 3.28. The molecule has 2 aromatic heterocycles. The van der Waals surface area contributed by atoms with Crippen LogP contribution in [0.4, 0.5) is 34.5 Å². The highest BCUT2D eigenvalue weighted by Crippen LogP contribution is 2.42. The minimum Gasteiger partial charge on any atom is -0.494 e. The molecule has 0 bridgehead atoms. The Morgan fingerprint density at radius 3 is 2.43 bits per heavy atom. The fourth-order valence-electron chi connectivity index (χ4n) is 9.10. The van der Waals surface area contributed by atoms with Crippen molar-refractivity contribution in [2.24, 2.45) is 5.92 Å². The van der Waals surface area contributed by atoms with Crippen molar-refractivity contribution in [1.29, 1.82) is 0 Å². The van der Waals surface area contributed by atoms with Gasteiger partial charge in [0.15, 0.2) is 0 Å². The molecule has 3 amide bonds. The first-order valence-electron chi connectivity index (χ1n) is 22.3. The van der Waals surface area contributed by atoms with Gasteiger partial charge in [0.05, 0.1) is 39.7 Å². The predicted molar refractivity (Wildman–Crippen MR) is 260 cm³/mol. The highest BCUT2D eigenvalue weighted by Gasteiger charge is 2.37. The van der Waals surface area contributed by atoms with Crippen LogP contribution in [0.5, 0.6) is 5.75 Å². The topological polar surface area (TPSA) is 196 Å². The summed E-state index contributed by atoms with van der Waals surface area (Å²) in [4.78, 5) is 59.7. The van der Waals surface area contributed by atoms with E-state index in [4.69, 9.17) is 9.72 Å². The monoisotopic (exact) mass is 965 g/mol. The molecule has 2 aliphatic heterocycles. The number of benzene rings is 3. The van der Waals surface area contributed by atoms with E-state index in [0.717, 1.165) is 67.8 Å². The molecule has 3 aliphatic rings. The second-order valence-electron chi connectivity index (χ2n) is 17.4. The Bertz CT molecular complexity index is 2610. The van der Waals surface area contributed by atoms with Crippen molar-refractivity contribution >= 4 is 91.6 Å². The first-order chi connectivity index (χ1) is 31.3. The molecule has 5 N–H and O–H groups in total. The number of rotatable bonds is 16. The number of methoxy groups -OCH3 is 1. The molecule has 1 unspecified atom stereocenters. The molecule has 16 nitrogen and oxygen atoms in total. The van der Waals surface area contributed by atoms with Crippen molar-refractivity contribution in [3.8, 4) is 5.75 Å². The summed E-state index contributed by atoms with van der Waals surface area (Å²) in [5.74, 6) is 0.910. The van der Waals surface area contributed by atoms with Crippen molar-refractivity contribution in [2.45, 2.75) is 69.9 Å². The number of piperidine rings is 2. The highest BCUT2D eigenvalue weighted by atomic mass is 79.9. The maximum Gasteiger partial charge on any atom is 0.234 e. The lowest BCUT2D eigenvalue weighted by Crippen LogP contribution is -2.50. The fraction of sp³-hybridized carbons (Fsp3) is 0.426. The number of imide groups is 1. The Kier molecular flexibility index (Phi) is 14.0. The van der Waals surface area contributed by atoms with Crippen LogP contribution in [0.3, 0.4) is 0 Å². The maximum absolute atomic E-state index is 13.5. The zero-order valence-electron chi connectivity index (χ0n) is 37.5. The number of aromatic nitrogens is 4. The van der Waals surface area contributed by atoms with Crippen LogP contribution in [-0.4, -0.2) is 103 Å². The largest absolute Gasteiger partial charge is 0.494 e. The number of anilines is 6. The molecule has 342 valence electrons. The van der Waals surface area contributed by atoms with Gasteiger partial charge in [-0.3, -0.25) is 29.7 Å². The molecule has 4 heterocycles. The van der Waals surface area contributed by atoms with E-state index in [2.05, 4.69) is 93.4 Å². The van der Waals surface area contributed by atoms with Gasteiger partial charge < -0.3 is 40.4 Å². The molecule has 2 saturated heterocycles. The summed E-state index contributed by atoms with van der Waals surface area (Å²) in [5.41, 5.74) is 6.92. The average molecular weight is 967 g/mol. The van der Waals surface area contributed by atoms with Gasteiger partial charge in [-0.2, -0.15) is 4.98 Å². The van der Waals surface area contributed by atoms with Crippen LogP contribution in [0.15, 0.2) is 71.6 Å². The number of fused-ring (bicyclic) bond motifs is 1. The number of hydrogen-bond acceptors (Lipinski definition) is 14. The van der Waals surface area contributed by atoms with Gasteiger partial charge in [0.25, 0.3) is 0 Å². The normalized spacial score (nSPS) is 19.0. The molecule has 0 spiro atoms. The highest BCUT2D eigenvalue weighted by molar-refractivity contribution is 9.10. The van der Waals surface area contributed by atoms with Gasteiger partial charge in [-0.05, 0) is 109 Å². The number of hydrogen-bond donors (Lipinski definition) is 5. The summed E-state index contributed by atoms with van der Waals surface area (Å²) >= 11 is 3.59. The summed E-state index contributed by atoms with van der Waals surface area (Å²) < 4.78 is 20.1. The number of carbonyl (C=O) groups excluding carboxylic acids is 3. The first-order valence-corrected chi connectivity index (χ1v) is 25.7. The lowest BCUT2D eigenvalue weighted by molar-refractivity contribution is -0.134. The lowest BCUT2D eigenvalue weighted by atomic mass is 9.78. The minimum absolute atomic E-state index is 0.00137. The van der Waals surface area contributed by atoms with E-state index in [0.29, 0.717) is 76.0 Å². The summed E-state index contributed by atoms with van der Waals surface area (Å²) in [6, 6.07) is 16.5. The van der Waals surface area contributed by atoms with Crippen molar-refractivity contribution < 1.29 is 23.7 Å². The number of halogens is 1. The zero-order chi connectivity index (χ0) is 45.8. The van der Waals surface area contributed by atoms with E-state index in [1.54, 1.807) is 39.0 Å². The Morgan fingerprint density at radius 1 is 0.969 bits per heavy atom. The summed E-state index contributed by atoms with van der Waals surface area (Å²) in [6.45, 7) is 8.67. The van der Waals surface area contributed by atoms with Gasteiger partial charge in [0.1, 0.15) is 24.2 Å². The fourth-order valence-corrected chi connectivity index (χ4v) is 10.8. The Labute approximate surface area is 388 Å². The molecule has 0 radical (unpaired) electrons. The van der Waals surface area contributed by atoms with Crippen LogP contribution in [0, 0.1) is 5.92 Å². The van der Waals surface area contributed by atoms with Gasteiger partial charge >= 0.3 is 0 Å². The number of aryl methyl sites for hydroxylation is 1. The third-order valence-corrected chi connectivity index (χ3v) is 15.0. The van der Waals surface area contributed by atoms with Crippen molar-refractivity contribution in [3.63, 3.8) is 0 Å². The number of ether oxygens (including phenoxy) is 1. The van der Waals surface area contributed by atoms with Crippen LogP contribution >= 0.6 is 23.1 Å². The van der Waals surface area contributed by atoms with E-state index < -0.39 is 7.14 Å². The maximum atomic E-state index is 13.5. The van der Waals surface area contributed by atoms with Gasteiger partial charge in [-0.15, -0.1) is 0 Å². The minimum atomic E-state index is -2.78. The summed E-state index contributed by atoms with van der Waals surface area (Å²) in [5, 5.41) is 16.6. The Hall–Kier alpha value is -5.64. The molecule has 65 heavy (non-hydrogen) atoms. The molecular weight excluding hydrogens is 909 g/mol. The molecule has 1 aliphatic carbocycles. The third-order valence-electron chi connectivity index (χ3n) is 12.8. The molecule has 8 rings (SSSR count). The van der Waals surface area contributed by atoms with Gasteiger partial charge in [0, 0.05) is 93.7 Å². The second kappa shape index (κ2) is 19.8. The molecule has 18 heteroatoms. The zero-order valence-corrected chi connectivity index (χ0v) is 40.0. The standard InChI is InChI=1S/C47H57BrN11O5P/c1-6-28-25-38(55-47-53-27-35(48)44(57-47)54-37-13-12-36-42(51-19-18-50-36)43(37)65(4,5)63)40(64-3)26-39(28)59-21-15-31(16-22-59)49-17-20-52-45(61)30-23-33(24-30)58(2)32-9-7-29(8-10-32)34-11-14-41(60)56-46(34)62/h7-10,12-13,18-19,25-27,30-31,33-34,49H,6,11,14-17,20-24H2,1-5H3,(H,52,61)(H,56,60,62)(H2,53,54,55,57)/t30-,33-,34?. The van der Waals surface area contributed by atoms with E-state index in [9.17, 15) is 18.9 Å². The third kappa shape index (κ3) is 10.4. The molecule has 3 aromatic carbocycles. The lowest BCUT2D eigenvalue weighted by Gasteiger charge is -2.41. The van der Waals surface area contributed by atoms with E-state index in [-0.39, 0.29) is 35.6 Å². The van der Waals surface area contributed by atoms with Crippen LogP contribution in [-0.2, 0) is 25.4 Å². The molecule has 1 atom stereocenters. The van der Waals surface area contributed by atoms with Crippen molar-refractivity contribution in [2.75, 3.05) is 74.1 Å². The van der Waals surface area contributed by atoms with Gasteiger partial charge in [-0.1, -0.05) is 19.1 Å². The van der Waals surface area contributed by atoms with Crippen molar-refractivity contribution in [3.05, 3.63) is 82.7 Å². The van der Waals surface area contributed by atoms with Crippen LogP contribution < -0.4 is 46.4 Å². The molecule has 5 aromatic rings. The smallest absolute Gasteiger partial charge is 0.234 e. The van der Waals surface area contributed by atoms with E-state index >= 15 is 0 Å². The predicted octanol–water partition coefficient (Wildman–Crippen LogP) is 6.60. The Balaban J connectivity index is 0.802. The van der Waals surface area contributed by atoms with E-state index in [1.807, 2.05) is 36.4 Å². The number of nitrogens with zero attached hydrogens (tertiary/aromatic N) is 6.